The van der Waals surface area contributed by atoms with Gasteiger partial charge in [-0.3, -0.25) is 4.79 Å². The van der Waals surface area contributed by atoms with E-state index in [1.54, 1.807) is 46.2 Å². The first-order valence-corrected chi connectivity index (χ1v) is 12.3. The maximum Gasteiger partial charge on any atom is 0.256 e. The maximum atomic E-state index is 13.7. The van der Waals surface area contributed by atoms with Crippen molar-refractivity contribution in [2.45, 2.75) is 26.9 Å². The standard InChI is InChI=1S/C30H26ClN3O3/c1-21-10-8-13-24(18-21)37-30-27(22(2)32-34(30)23-11-4-3-5-12-23)20-33(19-25-14-9-17-36-25)29(35)26-15-6-7-16-28(26)31/h3-18H,19-20H2,1-2H3. The Bertz CT molecular complexity index is 1510. The molecule has 0 aliphatic rings. The van der Waals surface area contributed by atoms with E-state index in [2.05, 4.69) is 0 Å². The smallest absolute Gasteiger partial charge is 0.256 e. The highest BCUT2D eigenvalue weighted by molar-refractivity contribution is 6.33. The van der Waals surface area contributed by atoms with E-state index in [9.17, 15) is 4.79 Å². The molecule has 0 aliphatic carbocycles. The number of rotatable bonds is 8. The first-order chi connectivity index (χ1) is 18.0. The van der Waals surface area contributed by atoms with Crippen molar-refractivity contribution < 1.29 is 13.9 Å². The van der Waals surface area contributed by atoms with Gasteiger partial charge in [-0.2, -0.15) is 5.10 Å². The van der Waals surface area contributed by atoms with Crippen molar-refractivity contribution >= 4 is 17.5 Å². The van der Waals surface area contributed by atoms with E-state index in [4.69, 9.17) is 25.9 Å². The van der Waals surface area contributed by atoms with Gasteiger partial charge in [-0.05, 0) is 67.9 Å². The first kappa shape index (κ1) is 24.4. The summed E-state index contributed by atoms with van der Waals surface area (Å²) in [6.45, 7) is 4.44. The number of carbonyl (C=O) groups excluding carboxylic acids is 1. The Labute approximate surface area is 220 Å². The van der Waals surface area contributed by atoms with Gasteiger partial charge in [0.25, 0.3) is 5.91 Å². The highest BCUT2D eigenvalue weighted by atomic mass is 35.5. The fourth-order valence-electron chi connectivity index (χ4n) is 4.15. The predicted molar refractivity (Wildman–Crippen MR) is 143 cm³/mol. The molecule has 7 heteroatoms. The van der Waals surface area contributed by atoms with Gasteiger partial charge in [0, 0.05) is 0 Å². The van der Waals surface area contributed by atoms with Gasteiger partial charge in [-0.25, -0.2) is 4.68 Å². The van der Waals surface area contributed by atoms with Gasteiger partial charge in [0.2, 0.25) is 5.88 Å². The summed E-state index contributed by atoms with van der Waals surface area (Å²) in [6, 6.07) is 28.3. The van der Waals surface area contributed by atoms with E-state index >= 15 is 0 Å². The minimum atomic E-state index is -0.213. The predicted octanol–water partition coefficient (Wildman–Crippen LogP) is 7.37. The van der Waals surface area contributed by atoms with Crippen LogP contribution in [0, 0.1) is 13.8 Å². The molecule has 3 aromatic carbocycles. The highest BCUT2D eigenvalue weighted by Crippen LogP contribution is 2.33. The van der Waals surface area contributed by atoms with E-state index in [-0.39, 0.29) is 19.0 Å². The fourth-order valence-corrected chi connectivity index (χ4v) is 4.36. The number of halogens is 1. The van der Waals surface area contributed by atoms with E-state index in [1.807, 2.05) is 74.5 Å². The zero-order valence-corrected chi connectivity index (χ0v) is 21.4. The van der Waals surface area contributed by atoms with Crippen LogP contribution in [0.1, 0.15) is 32.9 Å². The molecular formula is C30H26ClN3O3. The Balaban J connectivity index is 1.59. The second-order valence-corrected chi connectivity index (χ2v) is 9.16. The summed E-state index contributed by atoms with van der Waals surface area (Å²) in [4.78, 5) is 15.4. The minimum absolute atomic E-state index is 0.213. The third-order valence-corrected chi connectivity index (χ3v) is 6.34. The average Bonchev–Trinajstić information content (AvgIpc) is 3.52. The number of benzene rings is 3. The fraction of sp³-hybridized carbons (Fsp3) is 0.133. The quantitative estimate of drug-likeness (QED) is 0.218. The summed E-state index contributed by atoms with van der Waals surface area (Å²) < 4.78 is 13.8. The lowest BCUT2D eigenvalue weighted by Crippen LogP contribution is -2.30. The molecule has 5 aromatic rings. The Morgan fingerprint density at radius 3 is 2.46 bits per heavy atom. The van der Waals surface area contributed by atoms with Crippen molar-refractivity contribution in [1.29, 1.82) is 0 Å². The van der Waals surface area contributed by atoms with Gasteiger partial charge in [0.1, 0.15) is 11.5 Å². The van der Waals surface area contributed by atoms with Gasteiger partial charge >= 0.3 is 0 Å². The van der Waals surface area contributed by atoms with Crippen LogP contribution in [0.3, 0.4) is 0 Å². The number of carbonyl (C=O) groups is 1. The van der Waals surface area contributed by atoms with Gasteiger partial charge in [0.15, 0.2) is 0 Å². The topological polar surface area (TPSA) is 60.5 Å². The molecule has 0 saturated carbocycles. The van der Waals surface area contributed by atoms with Crippen LogP contribution in [-0.4, -0.2) is 20.6 Å². The SMILES string of the molecule is Cc1cccc(Oc2c(CN(Cc3ccco3)C(=O)c3ccccc3Cl)c(C)nn2-c2ccccc2)c1. The molecule has 0 N–H and O–H groups in total. The van der Waals surface area contributed by atoms with Crippen molar-refractivity contribution in [3.05, 3.63) is 130 Å². The molecule has 0 saturated heterocycles. The Morgan fingerprint density at radius 2 is 1.73 bits per heavy atom. The number of furan rings is 1. The van der Waals surface area contributed by atoms with Gasteiger partial charge in [-0.15, -0.1) is 0 Å². The van der Waals surface area contributed by atoms with Crippen molar-refractivity contribution in [1.82, 2.24) is 14.7 Å². The zero-order valence-electron chi connectivity index (χ0n) is 20.6. The lowest BCUT2D eigenvalue weighted by Gasteiger charge is -2.23. The largest absolute Gasteiger partial charge is 0.467 e. The molecule has 0 fully saturated rings. The lowest BCUT2D eigenvalue weighted by molar-refractivity contribution is 0.0716. The number of hydrogen-bond acceptors (Lipinski definition) is 4. The summed E-state index contributed by atoms with van der Waals surface area (Å²) in [5, 5.41) is 5.20. The molecule has 2 heterocycles. The van der Waals surface area contributed by atoms with Crippen LogP contribution in [0.4, 0.5) is 0 Å². The lowest BCUT2D eigenvalue weighted by atomic mass is 10.1. The molecule has 0 spiro atoms. The van der Waals surface area contributed by atoms with Gasteiger partial charge in [0.05, 0.1) is 46.9 Å². The van der Waals surface area contributed by atoms with Crippen LogP contribution in [0.15, 0.2) is 102 Å². The molecule has 37 heavy (non-hydrogen) atoms. The minimum Gasteiger partial charge on any atom is -0.467 e. The summed E-state index contributed by atoms with van der Waals surface area (Å²) in [5.74, 6) is 1.68. The van der Waals surface area contributed by atoms with E-state index < -0.39 is 0 Å². The second kappa shape index (κ2) is 10.8. The number of nitrogens with zero attached hydrogens (tertiary/aromatic N) is 3. The van der Waals surface area contributed by atoms with Crippen LogP contribution in [0.5, 0.6) is 11.6 Å². The Morgan fingerprint density at radius 1 is 0.946 bits per heavy atom. The second-order valence-electron chi connectivity index (χ2n) is 8.76. The molecule has 186 valence electrons. The monoisotopic (exact) mass is 511 g/mol. The normalized spacial score (nSPS) is 10.9. The highest BCUT2D eigenvalue weighted by Gasteiger charge is 2.26. The number of aryl methyl sites for hydroxylation is 2. The van der Waals surface area contributed by atoms with E-state index in [0.29, 0.717) is 28.0 Å². The zero-order chi connectivity index (χ0) is 25.8. The van der Waals surface area contributed by atoms with Crippen LogP contribution in [0.2, 0.25) is 5.02 Å². The van der Waals surface area contributed by atoms with E-state index in [0.717, 1.165) is 22.5 Å². The molecule has 2 aromatic heterocycles. The molecule has 0 atom stereocenters. The Kier molecular flexibility index (Phi) is 7.10. The third kappa shape index (κ3) is 5.44. The molecule has 0 unspecified atom stereocenters. The number of aromatic nitrogens is 2. The van der Waals surface area contributed by atoms with Crippen LogP contribution >= 0.6 is 11.6 Å². The molecule has 6 nitrogen and oxygen atoms in total. The molecule has 0 bridgehead atoms. The number of para-hydroxylation sites is 1. The van der Waals surface area contributed by atoms with Gasteiger partial charge in [-0.1, -0.05) is 54.1 Å². The molecule has 0 aliphatic heterocycles. The first-order valence-electron chi connectivity index (χ1n) is 11.9. The molecule has 0 radical (unpaired) electrons. The van der Waals surface area contributed by atoms with Crippen molar-refractivity contribution in [2.24, 2.45) is 0 Å². The molecule has 1 amide bonds. The third-order valence-electron chi connectivity index (χ3n) is 6.01. The van der Waals surface area contributed by atoms with Crippen LogP contribution < -0.4 is 4.74 Å². The van der Waals surface area contributed by atoms with Crippen LogP contribution in [0.25, 0.3) is 5.69 Å². The van der Waals surface area contributed by atoms with Crippen molar-refractivity contribution in [2.75, 3.05) is 0 Å². The average molecular weight is 512 g/mol. The molecular weight excluding hydrogens is 486 g/mol. The number of hydrogen-bond donors (Lipinski definition) is 0. The van der Waals surface area contributed by atoms with Crippen molar-refractivity contribution in [3.8, 4) is 17.3 Å². The molecule has 5 rings (SSSR count). The van der Waals surface area contributed by atoms with Gasteiger partial charge < -0.3 is 14.1 Å². The van der Waals surface area contributed by atoms with Crippen LogP contribution in [-0.2, 0) is 13.1 Å². The van der Waals surface area contributed by atoms with Crippen molar-refractivity contribution in [3.63, 3.8) is 0 Å². The summed E-state index contributed by atoms with van der Waals surface area (Å²) in [6.07, 6.45) is 1.60. The maximum absolute atomic E-state index is 13.7. The summed E-state index contributed by atoms with van der Waals surface area (Å²) in [7, 11) is 0. The summed E-state index contributed by atoms with van der Waals surface area (Å²) >= 11 is 6.40. The van der Waals surface area contributed by atoms with E-state index in [1.165, 1.54) is 0 Å². The summed E-state index contributed by atoms with van der Waals surface area (Å²) in [5.41, 5.74) is 3.90. The Hall–Kier alpha value is -4.29. The number of amides is 1. The number of ether oxygens (including phenoxy) is 1.